The molecule has 25 heavy (non-hydrogen) atoms. The molecule has 0 radical (unpaired) electrons. The van der Waals surface area contributed by atoms with Gasteiger partial charge in [-0.25, -0.2) is 9.37 Å². The molecule has 2 aromatic rings. The van der Waals surface area contributed by atoms with Crippen molar-refractivity contribution in [2.45, 2.75) is 25.4 Å². The maximum absolute atomic E-state index is 13.8. The number of halogens is 2. The number of piperidine rings is 1. The Hall–Kier alpha value is -2.72. The molecular weight excluding hydrogens is 326 g/mol. The van der Waals surface area contributed by atoms with E-state index in [9.17, 15) is 13.6 Å². The highest BCUT2D eigenvalue weighted by molar-refractivity contribution is 5.42. The second kappa shape index (κ2) is 7.03. The number of rotatable bonds is 3. The van der Waals surface area contributed by atoms with Gasteiger partial charge in [-0.05, 0) is 36.6 Å². The molecule has 130 valence electrons. The molecule has 0 amide bonds. The Morgan fingerprint density at radius 3 is 2.92 bits per heavy atom. The van der Waals surface area contributed by atoms with E-state index in [2.05, 4.69) is 10.9 Å². The number of anilines is 1. The third-order valence-corrected chi connectivity index (χ3v) is 4.28. The van der Waals surface area contributed by atoms with Crippen LogP contribution in [0.25, 0.3) is 0 Å². The maximum atomic E-state index is 13.8. The van der Waals surface area contributed by atoms with Crippen molar-refractivity contribution in [2.75, 3.05) is 18.0 Å². The summed E-state index contributed by atoms with van der Waals surface area (Å²) in [7, 11) is 0. The van der Waals surface area contributed by atoms with Crippen LogP contribution in [0, 0.1) is 24.0 Å². The quantitative estimate of drug-likeness (QED) is 0.857. The summed E-state index contributed by atoms with van der Waals surface area (Å²) in [5.41, 5.74) is 6.03. The number of benzene rings is 1. The second-order valence-electron chi connectivity index (χ2n) is 6.09. The number of hydrogen-bond acceptors (Lipinski definition) is 4. The van der Waals surface area contributed by atoms with Crippen LogP contribution in [0.5, 0.6) is 0 Å². The summed E-state index contributed by atoms with van der Waals surface area (Å²) in [5, 5.41) is 0. The van der Waals surface area contributed by atoms with Crippen molar-refractivity contribution in [3.8, 4) is 12.3 Å². The molecule has 0 spiro atoms. The summed E-state index contributed by atoms with van der Waals surface area (Å²) in [4.78, 5) is 18.3. The van der Waals surface area contributed by atoms with Crippen LogP contribution in [0.4, 0.5) is 14.7 Å². The average Bonchev–Trinajstić information content (AvgIpc) is 2.59. The minimum absolute atomic E-state index is 0.0420. The van der Waals surface area contributed by atoms with E-state index in [1.54, 1.807) is 0 Å². The van der Waals surface area contributed by atoms with Crippen molar-refractivity contribution in [3.05, 3.63) is 57.5 Å². The van der Waals surface area contributed by atoms with Crippen LogP contribution in [0.15, 0.2) is 29.2 Å². The monoisotopic (exact) mass is 344 g/mol. The lowest BCUT2D eigenvalue weighted by Crippen LogP contribution is -2.45. The molecule has 1 atom stereocenters. The predicted molar refractivity (Wildman–Crippen MR) is 91.3 cm³/mol. The van der Waals surface area contributed by atoms with Crippen molar-refractivity contribution >= 4 is 5.95 Å². The first-order chi connectivity index (χ1) is 12.0. The van der Waals surface area contributed by atoms with Gasteiger partial charge in [0.05, 0.1) is 12.7 Å². The van der Waals surface area contributed by atoms with Crippen LogP contribution in [-0.4, -0.2) is 28.7 Å². The smallest absolute Gasteiger partial charge is 0.291 e. The molecular formula is C18H18F2N4O. The Bertz CT molecular complexity index is 888. The Morgan fingerprint density at radius 2 is 2.20 bits per heavy atom. The fourth-order valence-electron chi connectivity index (χ4n) is 3.05. The molecule has 5 nitrogen and oxygen atoms in total. The third kappa shape index (κ3) is 3.54. The van der Waals surface area contributed by atoms with Gasteiger partial charge in [0.25, 0.3) is 5.56 Å². The lowest BCUT2D eigenvalue weighted by Gasteiger charge is -2.32. The van der Waals surface area contributed by atoms with Crippen molar-refractivity contribution in [2.24, 2.45) is 5.73 Å². The molecule has 1 aromatic heterocycles. The zero-order chi connectivity index (χ0) is 18.0. The van der Waals surface area contributed by atoms with Gasteiger partial charge in [-0.3, -0.25) is 9.36 Å². The van der Waals surface area contributed by atoms with Crippen LogP contribution in [0.1, 0.15) is 24.0 Å². The van der Waals surface area contributed by atoms with Gasteiger partial charge in [-0.15, -0.1) is 6.42 Å². The molecule has 1 aliphatic rings. The van der Waals surface area contributed by atoms with E-state index in [1.807, 2.05) is 4.90 Å². The average molecular weight is 344 g/mol. The largest absolute Gasteiger partial charge is 0.341 e. The molecule has 2 N–H and O–H groups in total. The highest BCUT2D eigenvalue weighted by atomic mass is 19.1. The van der Waals surface area contributed by atoms with Gasteiger partial charge in [0.1, 0.15) is 5.82 Å². The molecule has 0 saturated carbocycles. The number of nitrogens with zero attached hydrogens (tertiary/aromatic N) is 3. The molecule has 0 unspecified atom stereocenters. The SMILES string of the molecule is C#Cc1ccc(F)cc1Cn1c(N2CCC[C@@H](N)C2)ncc(F)c1=O. The molecule has 1 aliphatic heterocycles. The molecule has 0 bridgehead atoms. The first kappa shape index (κ1) is 17.1. The predicted octanol–water partition coefficient (Wildman–Crippen LogP) is 1.48. The van der Waals surface area contributed by atoms with Crippen LogP contribution >= 0.6 is 0 Å². The van der Waals surface area contributed by atoms with E-state index >= 15 is 0 Å². The summed E-state index contributed by atoms with van der Waals surface area (Å²) in [6, 6.07) is 3.91. The van der Waals surface area contributed by atoms with Crippen molar-refractivity contribution in [3.63, 3.8) is 0 Å². The summed E-state index contributed by atoms with van der Waals surface area (Å²) in [5.74, 6) is 1.32. The lowest BCUT2D eigenvalue weighted by atomic mass is 10.1. The van der Waals surface area contributed by atoms with Crippen molar-refractivity contribution < 1.29 is 8.78 Å². The summed E-state index contributed by atoms with van der Waals surface area (Å²) in [6.45, 7) is 1.11. The maximum Gasteiger partial charge on any atom is 0.291 e. The van der Waals surface area contributed by atoms with Gasteiger partial charge < -0.3 is 10.6 Å². The topological polar surface area (TPSA) is 64.2 Å². The molecule has 3 rings (SSSR count). The molecule has 1 saturated heterocycles. The van der Waals surface area contributed by atoms with Gasteiger partial charge in [-0.2, -0.15) is 4.39 Å². The highest BCUT2D eigenvalue weighted by Gasteiger charge is 2.22. The first-order valence-electron chi connectivity index (χ1n) is 8.00. The Labute approximate surface area is 144 Å². The number of aromatic nitrogens is 2. The lowest BCUT2D eigenvalue weighted by molar-refractivity contribution is 0.484. The van der Waals surface area contributed by atoms with Crippen molar-refractivity contribution in [1.82, 2.24) is 9.55 Å². The second-order valence-corrected chi connectivity index (χ2v) is 6.09. The third-order valence-electron chi connectivity index (χ3n) is 4.28. The minimum Gasteiger partial charge on any atom is -0.341 e. The zero-order valence-corrected chi connectivity index (χ0v) is 13.6. The van der Waals surface area contributed by atoms with Crippen LogP contribution < -0.4 is 16.2 Å². The van der Waals surface area contributed by atoms with E-state index in [0.717, 1.165) is 19.0 Å². The summed E-state index contributed by atoms with van der Waals surface area (Å²) >= 11 is 0. The van der Waals surface area contributed by atoms with Gasteiger partial charge >= 0.3 is 0 Å². The Kier molecular flexibility index (Phi) is 4.81. The standard InChI is InChI=1S/C18H18F2N4O/c1-2-12-5-6-14(19)8-13(12)10-24-17(25)16(20)9-22-18(24)23-7-3-4-15(21)11-23/h1,5-6,8-9,15H,3-4,7,10-11,21H2/t15-/m1/s1. The van der Waals surface area contributed by atoms with Crippen LogP contribution in [0.2, 0.25) is 0 Å². The molecule has 0 aliphatic carbocycles. The first-order valence-corrected chi connectivity index (χ1v) is 8.00. The molecule has 1 fully saturated rings. The summed E-state index contributed by atoms with van der Waals surface area (Å²) in [6.07, 6.45) is 8.08. The van der Waals surface area contributed by atoms with Crippen LogP contribution in [0.3, 0.4) is 0 Å². The Balaban J connectivity index is 2.06. The fourth-order valence-corrected chi connectivity index (χ4v) is 3.05. The van der Waals surface area contributed by atoms with Crippen molar-refractivity contribution in [1.29, 1.82) is 0 Å². The van der Waals surface area contributed by atoms with E-state index < -0.39 is 17.2 Å². The zero-order valence-electron chi connectivity index (χ0n) is 13.6. The van der Waals surface area contributed by atoms with E-state index in [4.69, 9.17) is 12.2 Å². The number of nitrogens with two attached hydrogens (primary N) is 1. The number of hydrogen-bond donors (Lipinski definition) is 1. The summed E-state index contributed by atoms with van der Waals surface area (Å²) < 4.78 is 28.6. The van der Waals surface area contributed by atoms with E-state index in [-0.39, 0.29) is 12.6 Å². The normalized spacial score (nSPS) is 17.4. The fraction of sp³-hybridized carbons (Fsp3) is 0.333. The van der Waals surface area contributed by atoms with Gasteiger partial charge in [-0.1, -0.05) is 5.92 Å². The minimum atomic E-state index is -0.969. The molecule has 7 heteroatoms. The van der Waals surface area contributed by atoms with Gasteiger partial charge in [0.15, 0.2) is 0 Å². The van der Waals surface area contributed by atoms with E-state index in [0.29, 0.717) is 30.2 Å². The van der Waals surface area contributed by atoms with Gasteiger partial charge in [0, 0.05) is 24.7 Å². The van der Waals surface area contributed by atoms with Crippen LogP contribution in [-0.2, 0) is 6.54 Å². The highest BCUT2D eigenvalue weighted by Crippen LogP contribution is 2.19. The Morgan fingerprint density at radius 1 is 1.40 bits per heavy atom. The number of terminal acetylenes is 1. The van der Waals surface area contributed by atoms with E-state index in [1.165, 1.54) is 22.8 Å². The molecule has 1 aromatic carbocycles. The molecule has 2 heterocycles. The van der Waals surface area contributed by atoms with Gasteiger partial charge in [0.2, 0.25) is 11.8 Å².